The summed E-state index contributed by atoms with van der Waals surface area (Å²) >= 11 is -1.92. The average molecular weight is 1080 g/mol. The number of rotatable bonds is 7. The molecule has 0 unspecified atom stereocenters. The quantitative estimate of drug-likeness (QED) is 0.118. The van der Waals surface area contributed by atoms with Gasteiger partial charge in [0.25, 0.3) is 0 Å². The van der Waals surface area contributed by atoms with Crippen LogP contribution in [0.1, 0.15) is 82.6 Å². The van der Waals surface area contributed by atoms with Crippen molar-refractivity contribution >= 4 is 50.6 Å². The number of furan rings is 1. The fourth-order valence-corrected chi connectivity index (χ4v) is 10.6. The molecule has 3 heterocycles. The van der Waals surface area contributed by atoms with E-state index in [-0.39, 0.29) is 43.2 Å². The van der Waals surface area contributed by atoms with Gasteiger partial charge in [-0.25, -0.2) is 0 Å². The minimum absolute atomic E-state index is 0. The topological polar surface area (TPSA) is 67.6 Å². The van der Waals surface area contributed by atoms with Crippen molar-refractivity contribution in [2.45, 2.75) is 83.0 Å². The number of imidazole rings is 1. The molecule has 0 bridgehead atoms. The van der Waals surface area contributed by atoms with E-state index in [1.54, 1.807) is 12.3 Å². The Morgan fingerprint density at radius 3 is 2.11 bits per heavy atom. The van der Waals surface area contributed by atoms with Crippen LogP contribution in [0.3, 0.4) is 0 Å². The number of aromatic nitrogens is 3. The van der Waals surface area contributed by atoms with Crippen LogP contribution in [-0.4, -0.2) is 27.8 Å². The van der Waals surface area contributed by atoms with Gasteiger partial charge in [-0.05, 0) is 34.9 Å². The van der Waals surface area contributed by atoms with E-state index in [2.05, 4.69) is 148 Å². The molecule has 8 heteroatoms. The Kier molecular flexibility index (Phi) is 13.4. The Labute approximate surface area is 393 Å². The molecule has 9 aromatic rings. The molecule has 0 atom stereocenters. The first-order valence-electron chi connectivity index (χ1n) is 21.7. The van der Waals surface area contributed by atoms with Gasteiger partial charge in [0.05, 0.1) is 11.6 Å². The molecule has 0 N–H and O–H groups in total. The summed E-state index contributed by atoms with van der Waals surface area (Å²) in [6, 6.07) is 49.2. The monoisotopic (exact) mass is 1080 g/mol. The summed E-state index contributed by atoms with van der Waals surface area (Å²) in [5, 5.41) is 11.5. The molecular formula is C56H53FGeIrN4O-2. The first kappa shape index (κ1) is 46.3. The van der Waals surface area contributed by atoms with Crippen molar-refractivity contribution in [2.24, 2.45) is 0 Å². The summed E-state index contributed by atoms with van der Waals surface area (Å²) in [4.78, 5) is 9.55. The maximum Gasteiger partial charge on any atom is 0 e. The van der Waals surface area contributed by atoms with Crippen LogP contribution >= 0.6 is 0 Å². The number of halogens is 1. The second-order valence-electron chi connectivity index (χ2n) is 19.0. The Morgan fingerprint density at radius 1 is 0.781 bits per heavy atom. The van der Waals surface area contributed by atoms with E-state index in [4.69, 9.17) is 9.40 Å². The van der Waals surface area contributed by atoms with Gasteiger partial charge < -0.3 is 9.40 Å². The van der Waals surface area contributed by atoms with Crippen LogP contribution in [-0.2, 0) is 25.5 Å². The zero-order valence-corrected chi connectivity index (χ0v) is 42.7. The average Bonchev–Trinajstić information content (AvgIpc) is 3.84. The van der Waals surface area contributed by atoms with Crippen LogP contribution in [0.15, 0.2) is 132 Å². The number of hydrogen-bond donors (Lipinski definition) is 0. The largest absolute Gasteiger partial charge is 0 e. The molecule has 325 valence electrons. The third-order valence-corrected chi connectivity index (χ3v) is 16.1. The number of fused-ring (bicyclic) bond motifs is 4. The normalized spacial score (nSPS) is 11.8. The Bertz CT molecular complexity index is 3130. The number of nitriles is 1. The van der Waals surface area contributed by atoms with Gasteiger partial charge in [0, 0.05) is 37.5 Å². The number of benzene rings is 6. The third-order valence-electron chi connectivity index (χ3n) is 11.7. The molecule has 0 spiro atoms. The van der Waals surface area contributed by atoms with Crippen molar-refractivity contribution in [3.8, 4) is 45.5 Å². The Hall–Kier alpha value is -5.65. The molecule has 5 nitrogen and oxygen atoms in total. The molecule has 0 saturated heterocycles. The molecule has 3 aromatic heterocycles. The predicted octanol–water partition coefficient (Wildman–Crippen LogP) is 14.7. The summed E-state index contributed by atoms with van der Waals surface area (Å²) in [6.07, 6.45) is 1.78. The zero-order valence-electron chi connectivity index (χ0n) is 38.2. The van der Waals surface area contributed by atoms with Gasteiger partial charge in [-0.2, -0.15) is 5.26 Å². The third kappa shape index (κ3) is 9.29. The Morgan fingerprint density at radius 2 is 1.48 bits per heavy atom. The smallest absolute Gasteiger partial charge is 0 e. The molecule has 6 aromatic carbocycles. The number of hydrogen-bond acceptors (Lipinski definition) is 4. The Balaban J connectivity index is 0.000000286. The van der Waals surface area contributed by atoms with Crippen LogP contribution in [0.25, 0.3) is 72.4 Å². The first-order valence-corrected chi connectivity index (χ1v) is 29.0. The van der Waals surface area contributed by atoms with Crippen LogP contribution < -0.4 is 4.40 Å². The molecular weight excluding hydrogens is 1030 g/mol. The zero-order chi connectivity index (χ0) is 44.8. The minimum atomic E-state index is -1.92. The first-order chi connectivity index (χ1) is 30.0. The second-order valence-corrected chi connectivity index (χ2v) is 29.7. The predicted molar refractivity (Wildman–Crippen MR) is 261 cm³/mol. The van der Waals surface area contributed by atoms with E-state index in [0.717, 1.165) is 50.0 Å². The van der Waals surface area contributed by atoms with Crippen LogP contribution in [0.2, 0.25) is 17.3 Å². The van der Waals surface area contributed by atoms with Gasteiger partial charge in [-0.3, -0.25) is 4.39 Å². The molecule has 0 aliphatic rings. The molecule has 0 amide bonds. The van der Waals surface area contributed by atoms with Crippen LogP contribution in [0.4, 0.5) is 4.39 Å². The van der Waals surface area contributed by atoms with Crippen molar-refractivity contribution in [3.63, 3.8) is 0 Å². The number of para-hydroxylation sites is 2. The molecule has 64 heavy (non-hydrogen) atoms. The van der Waals surface area contributed by atoms with E-state index in [9.17, 15) is 9.65 Å². The van der Waals surface area contributed by atoms with Gasteiger partial charge >= 0.3 is 201 Å². The summed E-state index contributed by atoms with van der Waals surface area (Å²) < 4.78 is 23.2. The van der Waals surface area contributed by atoms with Crippen LogP contribution in [0, 0.1) is 29.3 Å². The molecule has 1 radical (unpaired) electrons. The van der Waals surface area contributed by atoms with Gasteiger partial charge in [0.1, 0.15) is 5.58 Å². The molecule has 0 aliphatic carbocycles. The van der Waals surface area contributed by atoms with E-state index in [1.807, 2.05) is 48.5 Å². The fourth-order valence-electron chi connectivity index (χ4n) is 8.15. The van der Waals surface area contributed by atoms with Gasteiger partial charge in [0.2, 0.25) is 0 Å². The summed E-state index contributed by atoms with van der Waals surface area (Å²) in [7, 11) is 0. The van der Waals surface area contributed by atoms with Crippen LogP contribution in [0.5, 0.6) is 0 Å². The van der Waals surface area contributed by atoms with Gasteiger partial charge in [-0.15, -0.1) is 42.0 Å². The SMILES string of the molecule is CC(C)(C)c1ccnc(-c2[c-]cc(F)cc2)c1.CC(C)c1cc(-c2cc[c]([Ge]([CH3])([CH3])[CH3])cc2)cc(C(C)C)c1-n1c(-c2[c-]ccc3c2oc2cc(C#N)ccc23)nc2ccccc21.[Ir]. The van der Waals surface area contributed by atoms with E-state index in [0.29, 0.717) is 11.1 Å². The molecule has 0 aliphatic heterocycles. The van der Waals surface area contributed by atoms with E-state index in [1.165, 1.54) is 50.0 Å². The summed E-state index contributed by atoms with van der Waals surface area (Å²) in [5.74, 6) is 8.37. The van der Waals surface area contributed by atoms with Crippen molar-refractivity contribution in [1.29, 1.82) is 5.26 Å². The standard InChI is InChI=1S/C41H38GeN3O.C15H15FN.Ir/c1-25(2)34-22-29(28-16-18-30(19-17-28)42(5,6)7)23-35(26(3)4)39(34)45-37-14-9-8-13-36(37)44-41(45)33-12-10-11-32-31-20-15-27(24-43)21-38(31)46-40(32)33;1-15(2,3)12-8-9-17-14(10-12)11-4-6-13(16)7-5-11;/h8-11,13-23,25-26H,1-7H3;4,6-10H,1-3H3;/q2*-1;. The van der Waals surface area contributed by atoms with Crippen molar-refractivity contribution in [3.05, 3.63) is 168 Å². The summed E-state index contributed by atoms with van der Waals surface area (Å²) in [5.41, 5.74) is 13.9. The van der Waals surface area contributed by atoms with E-state index < -0.39 is 13.3 Å². The summed E-state index contributed by atoms with van der Waals surface area (Å²) in [6.45, 7) is 15.6. The van der Waals surface area contributed by atoms with Gasteiger partial charge in [-0.1, -0.05) is 44.4 Å². The maximum absolute atomic E-state index is 12.8. The van der Waals surface area contributed by atoms with Crippen molar-refractivity contribution in [2.75, 3.05) is 0 Å². The van der Waals surface area contributed by atoms with Gasteiger partial charge in [0.15, 0.2) is 0 Å². The molecule has 0 saturated carbocycles. The van der Waals surface area contributed by atoms with Crippen molar-refractivity contribution < 1.29 is 28.9 Å². The molecule has 0 fully saturated rings. The van der Waals surface area contributed by atoms with E-state index >= 15 is 0 Å². The second kappa shape index (κ2) is 18.5. The minimum Gasteiger partial charge on any atom is 0 e. The fraction of sp³-hybridized carbons (Fsp3) is 0.232. The molecule has 9 rings (SSSR count). The number of pyridine rings is 1. The number of nitrogens with zero attached hydrogens (tertiary/aromatic N) is 4. The van der Waals surface area contributed by atoms with Crippen molar-refractivity contribution in [1.82, 2.24) is 14.5 Å². The maximum atomic E-state index is 12.8.